The van der Waals surface area contributed by atoms with Crippen molar-refractivity contribution in [1.29, 1.82) is 0 Å². The van der Waals surface area contributed by atoms with Gasteiger partial charge in [-0.25, -0.2) is 0 Å². The highest BCUT2D eigenvalue weighted by Crippen LogP contribution is 2.10. The molecular formula is C15H25N. The monoisotopic (exact) mass is 219 g/mol. The molecule has 1 aromatic rings. The molecule has 0 aliphatic carbocycles. The topological polar surface area (TPSA) is 26.0 Å². The van der Waals surface area contributed by atoms with Crippen LogP contribution < -0.4 is 5.73 Å². The van der Waals surface area contributed by atoms with Crippen LogP contribution in [0.1, 0.15) is 50.2 Å². The standard InChI is InChI=1S/C15H25N/c1-2-3-4-5-6-7-14-8-10-15(11-9-14)12-13-16/h8-11H,2-7,12-13,16H2,1H3. The van der Waals surface area contributed by atoms with E-state index in [9.17, 15) is 0 Å². The van der Waals surface area contributed by atoms with E-state index in [4.69, 9.17) is 5.73 Å². The van der Waals surface area contributed by atoms with Crippen LogP contribution in [0.3, 0.4) is 0 Å². The molecule has 1 nitrogen and oxygen atoms in total. The third kappa shape index (κ3) is 5.32. The number of hydrogen-bond donors (Lipinski definition) is 1. The molecule has 0 fully saturated rings. The summed E-state index contributed by atoms with van der Waals surface area (Å²) >= 11 is 0. The molecule has 1 rings (SSSR count). The lowest BCUT2D eigenvalue weighted by Crippen LogP contribution is -2.02. The van der Waals surface area contributed by atoms with Crippen molar-refractivity contribution in [3.63, 3.8) is 0 Å². The van der Waals surface area contributed by atoms with Gasteiger partial charge < -0.3 is 5.73 Å². The number of benzene rings is 1. The zero-order chi connectivity index (χ0) is 11.6. The van der Waals surface area contributed by atoms with E-state index in [-0.39, 0.29) is 0 Å². The van der Waals surface area contributed by atoms with E-state index in [0.717, 1.165) is 13.0 Å². The molecule has 0 saturated heterocycles. The number of aryl methyl sites for hydroxylation is 1. The maximum atomic E-state index is 5.53. The molecule has 0 radical (unpaired) electrons. The lowest BCUT2D eigenvalue weighted by atomic mass is 10.0. The maximum Gasteiger partial charge on any atom is -0.00367 e. The van der Waals surface area contributed by atoms with Crippen LogP contribution in [0.5, 0.6) is 0 Å². The molecule has 0 aliphatic rings. The molecule has 0 bridgehead atoms. The second-order valence-corrected chi connectivity index (χ2v) is 4.52. The van der Waals surface area contributed by atoms with Crippen LogP contribution in [0.25, 0.3) is 0 Å². The average molecular weight is 219 g/mol. The van der Waals surface area contributed by atoms with E-state index in [1.807, 2.05) is 0 Å². The molecule has 16 heavy (non-hydrogen) atoms. The van der Waals surface area contributed by atoms with Gasteiger partial charge in [0, 0.05) is 0 Å². The maximum absolute atomic E-state index is 5.53. The molecule has 90 valence electrons. The number of nitrogens with two attached hydrogens (primary N) is 1. The fourth-order valence-corrected chi connectivity index (χ4v) is 1.97. The molecule has 0 unspecified atom stereocenters. The van der Waals surface area contributed by atoms with Crippen molar-refractivity contribution in [3.05, 3.63) is 35.4 Å². The molecule has 1 heteroatoms. The summed E-state index contributed by atoms with van der Waals surface area (Å²) in [4.78, 5) is 0. The summed E-state index contributed by atoms with van der Waals surface area (Å²) in [6, 6.07) is 8.94. The Labute approximate surface area is 100 Å². The Morgan fingerprint density at radius 1 is 0.812 bits per heavy atom. The van der Waals surface area contributed by atoms with Gasteiger partial charge in [0.05, 0.1) is 0 Å². The zero-order valence-electron chi connectivity index (χ0n) is 10.5. The van der Waals surface area contributed by atoms with Gasteiger partial charge in [-0.3, -0.25) is 0 Å². The van der Waals surface area contributed by atoms with Gasteiger partial charge in [0.25, 0.3) is 0 Å². The number of hydrogen-bond acceptors (Lipinski definition) is 1. The fourth-order valence-electron chi connectivity index (χ4n) is 1.97. The summed E-state index contributed by atoms with van der Waals surface area (Å²) in [5.74, 6) is 0. The summed E-state index contributed by atoms with van der Waals surface area (Å²) in [6.07, 6.45) is 9.03. The first-order valence-electron chi connectivity index (χ1n) is 6.64. The first-order valence-corrected chi connectivity index (χ1v) is 6.64. The zero-order valence-corrected chi connectivity index (χ0v) is 10.5. The fraction of sp³-hybridized carbons (Fsp3) is 0.600. The summed E-state index contributed by atoms with van der Waals surface area (Å²) < 4.78 is 0. The van der Waals surface area contributed by atoms with Gasteiger partial charge in [0.2, 0.25) is 0 Å². The minimum atomic E-state index is 0.746. The van der Waals surface area contributed by atoms with Gasteiger partial charge in [-0.1, -0.05) is 56.9 Å². The molecule has 0 aromatic heterocycles. The highest BCUT2D eigenvalue weighted by Gasteiger charge is 1.95. The number of rotatable bonds is 8. The highest BCUT2D eigenvalue weighted by molar-refractivity contribution is 5.22. The Balaban J connectivity index is 2.21. The summed E-state index contributed by atoms with van der Waals surface area (Å²) in [6.45, 7) is 3.01. The lowest BCUT2D eigenvalue weighted by molar-refractivity contribution is 0.632. The van der Waals surface area contributed by atoms with E-state index in [1.165, 1.54) is 49.7 Å². The Morgan fingerprint density at radius 2 is 1.38 bits per heavy atom. The first kappa shape index (κ1) is 13.2. The number of unbranched alkanes of at least 4 members (excludes halogenated alkanes) is 4. The minimum absolute atomic E-state index is 0.746. The van der Waals surface area contributed by atoms with Crippen molar-refractivity contribution in [2.24, 2.45) is 5.73 Å². The van der Waals surface area contributed by atoms with E-state index >= 15 is 0 Å². The van der Waals surface area contributed by atoms with Crippen LogP contribution in [-0.4, -0.2) is 6.54 Å². The third-order valence-electron chi connectivity index (χ3n) is 3.02. The van der Waals surface area contributed by atoms with Crippen LogP contribution in [0, 0.1) is 0 Å². The van der Waals surface area contributed by atoms with Crippen molar-refractivity contribution in [2.45, 2.75) is 51.9 Å². The van der Waals surface area contributed by atoms with Crippen molar-refractivity contribution >= 4 is 0 Å². The quantitative estimate of drug-likeness (QED) is 0.663. The SMILES string of the molecule is CCCCCCCc1ccc(CCN)cc1. The van der Waals surface area contributed by atoms with Crippen LogP contribution in [0.4, 0.5) is 0 Å². The second-order valence-electron chi connectivity index (χ2n) is 4.52. The van der Waals surface area contributed by atoms with E-state index < -0.39 is 0 Å². The summed E-state index contributed by atoms with van der Waals surface area (Å²) in [7, 11) is 0. The molecular weight excluding hydrogens is 194 g/mol. The van der Waals surface area contributed by atoms with Crippen molar-refractivity contribution in [1.82, 2.24) is 0 Å². The van der Waals surface area contributed by atoms with Gasteiger partial charge in [-0.2, -0.15) is 0 Å². The minimum Gasteiger partial charge on any atom is -0.330 e. The Kier molecular flexibility index (Phi) is 6.91. The molecule has 0 amide bonds. The van der Waals surface area contributed by atoms with Crippen LogP contribution in [0.2, 0.25) is 0 Å². The molecule has 1 aromatic carbocycles. The molecule has 0 heterocycles. The lowest BCUT2D eigenvalue weighted by Gasteiger charge is -2.03. The van der Waals surface area contributed by atoms with Crippen molar-refractivity contribution < 1.29 is 0 Å². The van der Waals surface area contributed by atoms with Gasteiger partial charge in [0.1, 0.15) is 0 Å². The van der Waals surface area contributed by atoms with E-state index in [1.54, 1.807) is 0 Å². The molecule has 0 atom stereocenters. The Hall–Kier alpha value is -0.820. The van der Waals surface area contributed by atoms with Crippen molar-refractivity contribution in [3.8, 4) is 0 Å². The molecule has 0 spiro atoms. The van der Waals surface area contributed by atoms with Gasteiger partial charge in [-0.15, -0.1) is 0 Å². The van der Waals surface area contributed by atoms with Gasteiger partial charge >= 0.3 is 0 Å². The molecule has 0 aliphatic heterocycles. The second kappa shape index (κ2) is 8.35. The van der Waals surface area contributed by atoms with Crippen LogP contribution in [0.15, 0.2) is 24.3 Å². The highest BCUT2D eigenvalue weighted by atomic mass is 14.5. The Bertz CT molecular complexity index is 263. The molecule has 2 N–H and O–H groups in total. The third-order valence-corrected chi connectivity index (χ3v) is 3.02. The summed E-state index contributed by atoms with van der Waals surface area (Å²) in [5, 5.41) is 0. The summed E-state index contributed by atoms with van der Waals surface area (Å²) in [5.41, 5.74) is 8.35. The Morgan fingerprint density at radius 3 is 1.94 bits per heavy atom. The van der Waals surface area contributed by atoms with E-state index in [2.05, 4.69) is 31.2 Å². The predicted molar refractivity (Wildman–Crippen MR) is 71.7 cm³/mol. The normalized spacial score (nSPS) is 10.6. The molecule has 0 saturated carbocycles. The van der Waals surface area contributed by atoms with Gasteiger partial charge in [0.15, 0.2) is 0 Å². The van der Waals surface area contributed by atoms with Gasteiger partial charge in [-0.05, 0) is 36.9 Å². The predicted octanol–water partition coefficient (Wildman–Crippen LogP) is 3.70. The first-order chi connectivity index (χ1) is 7.86. The largest absolute Gasteiger partial charge is 0.330 e. The average Bonchev–Trinajstić information content (AvgIpc) is 2.31. The van der Waals surface area contributed by atoms with Crippen LogP contribution >= 0.6 is 0 Å². The van der Waals surface area contributed by atoms with Crippen LogP contribution in [-0.2, 0) is 12.8 Å². The van der Waals surface area contributed by atoms with E-state index in [0.29, 0.717) is 0 Å². The van der Waals surface area contributed by atoms with Crippen molar-refractivity contribution in [2.75, 3.05) is 6.54 Å². The smallest absolute Gasteiger partial charge is 0.00367 e.